The first-order valence-corrected chi connectivity index (χ1v) is 4.21. The maximum absolute atomic E-state index is 8.90. The van der Waals surface area contributed by atoms with Gasteiger partial charge in [0.25, 0.3) is 0 Å². The quantitative estimate of drug-likeness (QED) is 0.716. The van der Waals surface area contributed by atoms with Crippen molar-refractivity contribution in [3.05, 3.63) is 12.2 Å². The summed E-state index contributed by atoms with van der Waals surface area (Å²) in [6, 6.07) is 0. The van der Waals surface area contributed by atoms with Gasteiger partial charge in [-0.15, -0.1) is 10.2 Å². The first-order valence-electron chi connectivity index (χ1n) is 4.21. The van der Waals surface area contributed by atoms with Gasteiger partial charge in [-0.2, -0.15) is 0 Å². The Morgan fingerprint density at radius 3 is 3.00 bits per heavy atom. The fraction of sp³-hybridized carbons (Fsp3) is 0.750. The maximum atomic E-state index is 8.90. The Bertz CT molecular complexity index is 278. The lowest BCUT2D eigenvalue weighted by molar-refractivity contribution is 0.260. The van der Waals surface area contributed by atoms with E-state index in [1.165, 1.54) is 12.8 Å². The predicted molar refractivity (Wildman–Crippen MR) is 43.3 cm³/mol. The minimum Gasteiger partial charge on any atom is -0.388 e. The Hall–Kier alpha value is -0.900. The molecule has 1 aromatic rings. The lowest BCUT2D eigenvalue weighted by Crippen LogP contribution is -2.10. The minimum atomic E-state index is -0.0178. The standard InChI is InChI=1S/C8H13N3O/c1-8(2-3-8)5-11-6-9-10-7(11)4-12/h6,12H,2-5H2,1H3. The molecular weight excluding hydrogens is 154 g/mol. The van der Waals surface area contributed by atoms with Gasteiger partial charge in [-0.05, 0) is 18.3 Å². The van der Waals surface area contributed by atoms with Crippen molar-refractivity contribution in [2.45, 2.75) is 32.9 Å². The van der Waals surface area contributed by atoms with Crippen LogP contribution in [0.3, 0.4) is 0 Å². The summed E-state index contributed by atoms with van der Waals surface area (Å²) >= 11 is 0. The molecule has 1 aromatic heterocycles. The molecule has 4 nitrogen and oxygen atoms in total. The Kier molecular flexibility index (Phi) is 1.65. The van der Waals surface area contributed by atoms with Crippen LogP contribution in [0.1, 0.15) is 25.6 Å². The molecule has 0 atom stereocenters. The predicted octanol–water partition coefficient (Wildman–Crippen LogP) is 0.571. The number of hydrogen-bond acceptors (Lipinski definition) is 3. The average Bonchev–Trinajstić information content (AvgIpc) is 2.64. The molecule has 1 aliphatic rings. The third kappa shape index (κ3) is 1.34. The molecule has 0 aliphatic heterocycles. The highest BCUT2D eigenvalue weighted by Gasteiger charge is 2.37. The summed E-state index contributed by atoms with van der Waals surface area (Å²) in [7, 11) is 0. The zero-order chi connectivity index (χ0) is 8.60. The summed E-state index contributed by atoms with van der Waals surface area (Å²) in [6.45, 7) is 3.17. The Labute approximate surface area is 71.2 Å². The fourth-order valence-electron chi connectivity index (χ4n) is 1.32. The summed E-state index contributed by atoms with van der Waals surface area (Å²) < 4.78 is 1.94. The Morgan fingerprint density at radius 1 is 1.67 bits per heavy atom. The van der Waals surface area contributed by atoms with E-state index in [2.05, 4.69) is 17.1 Å². The van der Waals surface area contributed by atoms with Crippen molar-refractivity contribution in [3.8, 4) is 0 Å². The van der Waals surface area contributed by atoms with Crippen molar-refractivity contribution in [1.29, 1.82) is 0 Å². The van der Waals surface area contributed by atoms with Crippen molar-refractivity contribution in [3.63, 3.8) is 0 Å². The van der Waals surface area contributed by atoms with Gasteiger partial charge in [-0.1, -0.05) is 6.92 Å². The Morgan fingerprint density at radius 2 is 2.42 bits per heavy atom. The zero-order valence-electron chi connectivity index (χ0n) is 7.19. The topological polar surface area (TPSA) is 50.9 Å². The van der Waals surface area contributed by atoms with E-state index in [0.717, 1.165) is 6.54 Å². The lowest BCUT2D eigenvalue weighted by atomic mass is 10.1. The smallest absolute Gasteiger partial charge is 0.158 e. The van der Waals surface area contributed by atoms with Crippen LogP contribution >= 0.6 is 0 Å². The van der Waals surface area contributed by atoms with Gasteiger partial charge in [0.15, 0.2) is 5.82 Å². The van der Waals surface area contributed by atoms with Crippen molar-refractivity contribution in [1.82, 2.24) is 14.8 Å². The minimum absolute atomic E-state index is 0.0178. The van der Waals surface area contributed by atoms with Crippen LogP contribution in [0.2, 0.25) is 0 Å². The summed E-state index contributed by atoms with van der Waals surface area (Å²) in [5.41, 5.74) is 0.437. The number of aliphatic hydroxyl groups excluding tert-OH is 1. The van der Waals surface area contributed by atoms with Crippen LogP contribution in [0.5, 0.6) is 0 Å². The van der Waals surface area contributed by atoms with E-state index >= 15 is 0 Å². The normalized spacial score (nSPS) is 19.5. The van der Waals surface area contributed by atoms with Crippen molar-refractivity contribution >= 4 is 0 Å². The summed E-state index contributed by atoms with van der Waals surface area (Å²) in [6.07, 6.45) is 4.24. The van der Waals surface area contributed by atoms with Gasteiger partial charge in [0.2, 0.25) is 0 Å². The second kappa shape index (κ2) is 2.55. The SMILES string of the molecule is CC1(Cn2cnnc2CO)CC1. The molecule has 2 rings (SSSR count). The van der Waals surface area contributed by atoms with Crippen molar-refractivity contribution in [2.75, 3.05) is 0 Å². The number of aromatic nitrogens is 3. The third-order valence-electron chi connectivity index (χ3n) is 2.49. The molecule has 0 saturated heterocycles. The van der Waals surface area contributed by atoms with E-state index < -0.39 is 0 Å². The number of rotatable bonds is 3. The highest BCUT2D eigenvalue weighted by molar-refractivity contribution is 4.93. The largest absolute Gasteiger partial charge is 0.388 e. The van der Waals surface area contributed by atoms with Crippen LogP contribution in [0.4, 0.5) is 0 Å². The van der Waals surface area contributed by atoms with Crippen molar-refractivity contribution in [2.24, 2.45) is 5.41 Å². The van der Waals surface area contributed by atoms with Crippen LogP contribution in [0.15, 0.2) is 6.33 Å². The van der Waals surface area contributed by atoms with Crippen molar-refractivity contribution < 1.29 is 5.11 Å². The average molecular weight is 167 g/mol. The monoisotopic (exact) mass is 167 g/mol. The number of hydrogen-bond donors (Lipinski definition) is 1. The van der Waals surface area contributed by atoms with Gasteiger partial charge >= 0.3 is 0 Å². The third-order valence-corrected chi connectivity index (χ3v) is 2.49. The highest BCUT2D eigenvalue weighted by atomic mass is 16.3. The molecule has 1 aliphatic carbocycles. The molecular formula is C8H13N3O. The van der Waals surface area contributed by atoms with E-state index in [1.807, 2.05) is 4.57 Å². The fourth-order valence-corrected chi connectivity index (χ4v) is 1.32. The summed E-state index contributed by atoms with van der Waals surface area (Å²) in [5, 5.41) is 16.5. The molecule has 66 valence electrons. The van der Waals surface area contributed by atoms with Gasteiger partial charge in [0, 0.05) is 6.54 Å². The molecule has 0 radical (unpaired) electrons. The molecule has 0 aromatic carbocycles. The van der Waals surface area contributed by atoms with Crippen LogP contribution in [0.25, 0.3) is 0 Å². The van der Waals surface area contributed by atoms with Crippen LogP contribution in [0, 0.1) is 5.41 Å². The molecule has 12 heavy (non-hydrogen) atoms. The van der Waals surface area contributed by atoms with Gasteiger partial charge in [-0.25, -0.2) is 0 Å². The van der Waals surface area contributed by atoms with Crippen LogP contribution < -0.4 is 0 Å². The molecule has 4 heteroatoms. The van der Waals surface area contributed by atoms with Crippen LogP contribution in [-0.4, -0.2) is 19.9 Å². The maximum Gasteiger partial charge on any atom is 0.158 e. The van der Waals surface area contributed by atoms with E-state index in [1.54, 1.807) is 6.33 Å². The highest BCUT2D eigenvalue weighted by Crippen LogP contribution is 2.46. The summed E-state index contributed by atoms with van der Waals surface area (Å²) in [5.74, 6) is 0.670. The molecule has 1 heterocycles. The molecule has 1 N–H and O–H groups in total. The van der Waals surface area contributed by atoms with E-state index in [9.17, 15) is 0 Å². The van der Waals surface area contributed by atoms with Gasteiger partial charge < -0.3 is 9.67 Å². The second-order valence-corrected chi connectivity index (χ2v) is 3.84. The lowest BCUT2D eigenvalue weighted by Gasteiger charge is -2.09. The van der Waals surface area contributed by atoms with Gasteiger partial charge in [0.05, 0.1) is 0 Å². The number of aliphatic hydroxyl groups is 1. The number of nitrogens with zero attached hydrogens (tertiary/aromatic N) is 3. The molecule has 0 amide bonds. The zero-order valence-corrected chi connectivity index (χ0v) is 7.19. The molecule has 0 spiro atoms. The first-order chi connectivity index (χ1) is 5.73. The second-order valence-electron chi connectivity index (χ2n) is 3.84. The molecule has 0 bridgehead atoms. The van der Waals surface area contributed by atoms with Crippen LogP contribution in [-0.2, 0) is 13.2 Å². The molecule has 1 fully saturated rings. The summed E-state index contributed by atoms with van der Waals surface area (Å²) in [4.78, 5) is 0. The van der Waals surface area contributed by atoms with E-state index in [0.29, 0.717) is 11.2 Å². The first kappa shape index (κ1) is 7.73. The molecule has 0 unspecified atom stereocenters. The van der Waals surface area contributed by atoms with Gasteiger partial charge in [-0.3, -0.25) is 0 Å². The Balaban J connectivity index is 2.11. The van der Waals surface area contributed by atoms with E-state index in [-0.39, 0.29) is 6.61 Å². The van der Waals surface area contributed by atoms with Gasteiger partial charge in [0.1, 0.15) is 12.9 Å². The van der Waals surface area contributed by atoms with E-state index in [4.69, 9.17) is 5.11 Å². The molecule has 1 saturated carbocycles.